The van der Waals surface area contributed by atoms with Crippen molar-refractivity contribution in [1.29, 1.82) is 5.26 Å². The molecule has 0 unspecified atom stereocenters. The summed E-state index contributed by atoms with van der Waals surface area (Å²) < 4.78 is 1.31. The van der Waals surface area contributed by atoms with Gasteiger partial charge in [-0.15, -0.1) is 11.3 Å². The number of rotatable bonds is 3. The zero-order chi connectivity index (χ0) is 12.5. The largest absolute Gasteiger partial charge is 0.285 e. The molecule has 3 heteroatoms. The average molecular weight is 244 g/mol. The highest BCUT2D eigenvalue weighted by Crippen LogP contribution is 2.27. The van der Waals surface area contributed by atoms with E-state index in [1.54, 1.807) is 11.3 Å². The predicted octanol–water partition coefficient (Wildman–Crippen LogP) is 3.64. The lowest BCUT2D eigenvalue weighted by molar-refractivity contribution is 0.204. The van der Waals surface area contributed by atoms with E-state index in [4.69, 9.17) is 5.26 Å². The number of thiophene rings is 1. The molecule has 1 heterocycles. The third-order valence-electron chi connectivity index (χ3n) is 3.20. The molecule has 0 amide bonds. The van der Waals surface area contributed by atoms with Gasteiger partial charge in [-0.1, -0.05) is 18.2 Å². The van der Waals surface area contributed by atoms with E-state index >= 15 is 0 Å². The average Bonchev–Trinajstić information content (AvgIpc) is 2.73. The van der Waals surface area contributed by atoms with Crippen molar-refractivity contribution in [1.82, 2.24) is 4.90 Å². The van der Waals surface area contributed by atoms with Gasteiger partial charge in [-0.25, -0.2) is 0 Å². The van der Waals surface area contributed by atoms with Gasteiger partial charge in [-0.05, 0) is 43.3 Å². The normalized spacial score (nSPS) is 11.9. The lowest BCUT2D eigenvalue weighted by atomic mass is 10.0. The van der Waals surface area contributed by atoms with Crippen molar-refractivity contribution in [2.24, 2.45) is 0 Å². The number of benzene rings is 1. The molecule has 0 aliphatic rings. The van der Waals surface area contributed by atoms with Gasteiger partial charge in [0, 0.05) is 11.2 Å². The van der Waals surface area contributed by atoms with Crippen LogP contribution >= 0.6 is 11.3 Å². The van der Waals surface area contributed by atoms with Crippen molar-refractivity contribution >= 4 is 21.4 Å². The summed E-state index contributed by atoms with van der Waals surface area (Å²) >= 11 is 1.76. The first-order chi connectivity index (χ1) is 8.04. The molecule has 0 atom stereocenters. The standard InChI is InChI=1S/C14H16N2S/c1-14(2,10-15)16(3)8-11-9-17-13-7-5-4-6-12(11)13/h4-7,9H,8H2,1-3H3. The van der Waals surface area contributed by atoms with Crippen LogP contribution in [0.25, 0.3) is 10.1 Å². The Kier molecular flexibility index (Phi) is 3.19. The highest BCUT2D eigenvalue weighted by molar-refractivity contribution is 7.17. The first-order valence-electron chi connectivity index (χ1n) is 5.62. The van der Waals surface area contributed by atoms with Crippen molar-refractivity contribution < 1.29 is 0 Å². The number of nitrogens with zero attached hydrogens (tertiary/aromatic N) is 2. The summed E-state index contributed by atoms with van der Waals surface area (Å²) in [5, 5.41) is 12.6. The van der Waals surface area contributed by atoms with Crippen LogP contribution in [0.15, 0.2) is 29.6 Å². The molecule has 1 aromatic heterocycles. The van der Waals surface area contributed by atoms with E-state index in [0.29, 0.717) is 0 Å². The van der Waals surface area contributed by atoms with Gasteiger partial charge < -0.3 is 0 Å². The molecule has 0 bridgehead atoms. The van der Waals surface area contributed by atoms with E-state index in [0.717, 1.165) is 6.54 Å². The Balaban J connectivity index is 2.28. The summed E-state index contributed by atoms with van der Waals surface area (Å²) in [5.41, 5.74) is 0.875. The minimum absolute atomic E-state index is 0.428. The Morgan fingerprint density at radius 2 is 2.06 bits per heavy atom. The zero-order valence-corrected chi connectivity index (χ0v) is 11.2. The summed E-state index contributed by atoms with van der Waals surface area (Å²) in [4.78, 5) is 2.08. The van der Waals surface area contributed by atoms with Gasteiger partial charge in [-0.3, -0.25) is 4.90 Å². The molecular weight excluding hydrogens is 228 g/mol. The number of hydrogen-bond acceptors (Lipinski definition) is 3. The van der Waals surface area contributed by atoms with Gasteiger partial charge in [0.2, 0.25) is 0 Å². The molecule has 0 saturated heterocycles. The summed E-state index contributed by atoms with van der Waals surface area (Å²) in [6.45, 7) is 4.70. The number of hydrogen-bond donors (Lipinski definition) is 0. The van der Waals surface area contributed by atoms with Gasteiger partial charge >= 0.3 is 0 Å². The Hall–Kier alpha value is -1.37. The summed E-state index contributed by atoms with van der Waals surface area (Å²) in [6.07, 6.45) is 0. The fraction of sp³-hybridized carbons (Fsp3) is 0.357. The van der Waals surface area contributed by atoms with Crippen LogP contribution in [-0.2, 0) is 6.54 Å². The third kappa shape index (κ3) is 2.33. The second-order valence-corrected chi connectivity index (χ2v) is 5.70. The van der Waals surface area contributed by atoms with Gasteiger partial charge in [0.05, 0.1) is 6.07 Å². The van der Waals surface area contributed by atoms with Crippen LogP contribution in [0.4, 0.5) is 0 Å². The maximum atomic E-state index is 9.12. The molecule has 2 aromatic rings. The fourth-order valence-corrected chi connectivity index (χ4v) is 2.65. The predicted molar refractivity (Wildman–Crippen MR) is 73.0 cm³/mol. The van der Waals surface area contributed by atoms with Crippen molar-refractivity contribution in [3.05, 3.63) is 35.2 Å². The summed E-state index contributed by atoms with van der Waals surface area (Å²) in [7, 11) is 2.00. The van der Waals surface area contributed by atoms with Crippen molar-refractivity contribution in [2.75, 3.05) is 7.05 Å². The molecule has 17 heavy (non-hydrogen) atoms. The van der Waals surface area contributed by atoms with E-state index in [-0.39, 0.29) is 0 Å². The van der Waals surface area contributed by atoms with Crippen molar-refractivity contribution in [2.45, 2.75) is 25.9 Å². The second kappa shape index (κ2) is 4.48. The monoisotopic (exact) mass is 244 g/mol. The third-order valence-corrected chi connectivity index (χ3v) is 4.21. The molecule has 0 fully saturated rings. The van der Waals surface area contributed by atoms with E-state index in [9.17, 15) is 0 Å². The summed E-state index contributed by atoms with van der Waals surface area (Å²) in [5.74, 6) is 0. The van der Waals surface area contributed by atoms with Gasteiger partial charge in [-0.2, -0.15) is 5.26 Å². The highest BCUT2D eigenvalue weighted by Gasteiger charge is 2.23. The Morgan fingerprint density at radius 1 is 1.35 bits per heavy atom. The molecule has 0 aliphatic carbocycles. The molecular formula is C14H16N2S. The van der Waals surface area contributed by atoms with Crippen molar-refractivity contribution in [3.8, 4) is 6.07 Å². The molecule has 0 spiro atoms. The van der Waals surface area contributed by atoms with E-state index in [1.165, 1.54) is 15.6 Å². The molecule has 88 valence electrons. The second-order valence-electron chi connectivity index (χ2n) is 4.78. The lowest BCUT2D eigenvalue weighted by Gasteiger charge is -2.28. The molecule has 1 aromatic carbocycles. The number of fused-ring (bicyclic) bond motifs is 1. The van der Waals surface area contributed by atoms with Gasteiger partial charge in [0.15, 0.2) is 0 Å². The highest BCUT2D eigenvalue weighted by atomic mass is 32.1. The van der Waals surface area contributed by atoms with Crippen LogP contribution < -0.4 is 0 Å². The molecule has 0 saturated carbocycles. The topological polar surface area (TPSA) is 27.0 Å². The minimum Gasteiger partial charge on any atom is -0.285 e. The maximum absolute atomic E-state index is 9.12. The van der Waals surface area contributed by atoms with E-state index in [2.05, 4.69) is 40.6 Å². The Labute approximate surface area is 106 Å². The van der Waals surface area contributed by atoms with E-state index < -0.39 is 5.54 Å². The van der Waals surface area contributed by atoms with Gasteiger partial charge in [0.1, 0.15) is 5.54 Å². The van der Waals surface area contributed by atoms with Crippen LogP contribution in [0.1, 0.15) is 19.4 Å². The van der Waals surface area contributed by atoms with Crippen LogP contribution in [0.5, 0.6) is 0 Å². The molecule has 0 aliphatic heterocycles. The minimum atomic E-state index is -0.428. The van der Waals surface area contributed by atoms with Crippen LogP contribution in [0.2, 0.25) is 0 Å². The Bertz CT molecular complexity index is 563. The van der Waals surface area contributed by atoms with Crippen LogP contribution in [0.3, 0.4) is 0 Å². The molecule has 2 rings (SSSR count). The Morgan fingerprint density at radius 3 is 2.76 bits per heavy atom. The smallest absolute Gasteiger partial charge is 0.103 e. The quantitative estimate of drug-likeness (QED) is 0.824. The van der Waals surface area contributed by atoms with Crippen LogP contribution in [-0.4, -0.2) is 17.5 Å². The van der Waals surface area contributed by atoms with Crippen LogP contribution in [0, 0.1) is 11.3 Å². The number of nitriles is 1. The molecule has 0 radical (unpaired) electrons. The summed E-state index contributed by atoms with van der Waals surface area (Å²) in [6, 6.07) is 10.7. The van der Waals surface area contributed by atoms with E-state index in [1.807, 2.05) is 20.9 Å². The SMILES string of the molecule is CN(Cc1csc2ccccc12)C(C)(C)C#N. The van der Waals surface area contributed by atoms with Crippen molar-refractivity contribution in [3.63, 3.8) is 0 Å². The maximum Gasteiger partial charge on any atom is 0.103 e. The lowest BCUT2D eigenvalue weighted by Crippen LogP contribution is -2.38. The molecule has 2 nitrogen and oxygen atoms in total. The first-order valence-corrected chi connectivity index (χ1v) is 6.50. The fourth-order valence-electron chi connectivity index (χ4n) is 1.69. The zero-order valence-electron chi connectivity index (χ0n) is 10.4. The van der Waals surface area contributed by atoms with Gasteiger partial charge in [0.25, 0.3) is 0 Å². The first kappa shape index (κ1) is 12.1. The molecule has 0 N–H and O–H groups in total.